The van der Waals surface area contributed by atoms with Crippen molar-refractivity contribution < 1.29 is 19.1 Å². The molecule has 0 saturated heterocycles. The quantitative estimate of drug-likeness (QED) is 0.701. The summed E-state index contributed by atoms with van der Waals surface area (Å²) in [6.07, 6.45) is 6.91. The van der Waals surface area contributed by atoms with Crippen molar-refractivity contribution in [2.45, 2.75) is 71.4 Å². The smallest absolute Gasteiger partial charge is 0.243 e. The van der Waals surface area contributed by atoms with Crippen LogP contribution in [-0.4, -0.2) is 31.1 Å². The summed E-state index contributed by atoms with van der Waals surface area (Å²) >= 11 is 0. The second-order valence-corrected chi connectivity index (χ2v) is 11.0. The van der Waals surface area contributed by atoms with E-state index < -0.39 is 6.04 Å². The molecular weight excluding hydrogens is 404 g/mol. The summed E-state index contributed by atoms with van der Waals surface area (Å²) in [5, 5.41) is 6.30. The largest absolute Gasteiger partial charge is 0.486 e. The molecule has 32 heavy (non-hydrogen) atoms. The fourth-order valence-corrected chi connectivity index (χ4v) is 6.93. The van der Waals surface area contributed by atoms with Crippen LogP contribution in [0.25, 0.3) is 0 Å². The van der Waals surface area contributed by atoms with Crippen LogP contribution >= 0.6 is 0 Å². The molecule has 1 aromatic carbocycles. The lowest BCUT2D eigenvalue weighted by Crippen LogP contribution is -2.58. The Labute approximate surface area is 190 Å². The lowest BCUT2D eigenvalue weighted by molar-refractivity contribution is -0.149. The standard InChI is InChI=1S/C26H36N2O4/c1-15(2)23(28-25(30)26-12-17-8-18(13-26)10-19(9-17)14-26)24(29)27-16(3)20-4-5-21-22(11-20)32-7-6-31-21/h4-5,11,15-19,23H,6-10,12-14H2,1-3H3,(H,27,29)(H,28,30). The first-order valence-corrected chi connectivity index (χ1v) is 12.3. The van der Waals surface area contributed by atoms with Gasteiger partial charge in [-0.1, -0.05) is 19.9 Å². The van der Waals surface area contributed by atoms with Crippen molar-refractivity contribution >= 4 is 11.8 Å². The highest BCUT2D eigenvalue weighted by Crippen LogP contribution is 2.60. The topological polar surface area (TPSA) is 76.7 Å². The number of benzene rings is 1. The average Bonchev–Trinajstić information content (AvgIpc) is 2.75. The van der Waals surface area contributed by atoms with Gasteiger partial charge < -0.3 is 20.1 Å². The number of amides is 2. The van der Waals surface area contributed by atoms with Gasteiger partial charge in [0.25, 0.3) is 0 Å². The van der Waals surface area contributed by atoms with Crippen molar-refractivity contribution in [2.24, 2.45) is 29.1 Å². The summed E-state index contributed by atoms with van der Waals surface area (Å²) in [6.45, 7) is 7.04. The predicted octanol–water partition coefficient (Wildman–Crippen LogP) is 3.99. The minimum atomic E-state index is -0.532. The number of carbonyl (C=O) groups excluding carboxylic acids is 2. The highest BCUT2D eigenvalue weighted by Gasteiger charge is 2.55. The number of carbonyl (C=O) groups is 2. The first-order valence-electron chi connectivity index (χ1n) is 12.3. The normalized spacial score (nSPS) is 31.8. The van der Waals surface area contributed by atoms with Crippen molar-refractivity contribution in [1.82, 2.24) is 10.6 Å². The van der Waals surface area contributed by atoms with E-state index in [2.05, 4.69) is 10.6 Å². The number of hydrogen-bond donors (Lipinski definition) is 2. The molecule has 5 aliphatic rings. The molecule has 2 unspecified atom stereocenters. The van der Waals surface area contributed by atoms with Gasteiger partial charge in [0, 0.05) is 5.41 Å². The molecule has 1 aliphatic heterocycles. The van der Waals surface area contributed by atoms with Gasteiger partial charge in [-0.25, -0.2) is 0 Å². The van der Waals surface area contributed by atoms with Crippen LogP contribution < -0.4 is 20.1 Å². The molecule has 1 heterocycles. The minimum absolute atomic E-state index is 0.0142. The maximum atomic E-state index is 13.5. The van der Waals surface area contributed by atoms with Gasteiger partial charge in [-0.3, -0.25) is 9.59 Å². The molecule has 6 nitrogen and oxygen atoms in total. The van der Waals surface area contributed by atoms with E-state index in [-0.39, 0.29) is 29.2 Å². The molecule has 4 saturated carbocycles. The Kier molecular flexibility index (Phi) is 5.58. The van der Waals surface area contributed by atoms with E-state index >= 15 is 0 Å². The zero-order chi connectivity index (χ0) is 22.5. The molecule has 4 bridgehead atoms. The summed E-state index contributed by atoms with van der Waals surface area (Å²) in [6, 6.07) is 5.04. The lowest BCUT2D eigenvalue weighted by atomic mass is 9.49. The number of nitrogens with one attached hydrogen (secondary N) is 2. The Balaban J connectivity index is 1.26. The molecule has 174 valence electrons. The molecule has 1 aromatic rings. The van der Waals surface area contributed by atoms with Crippen LogP contribution in [0.4, 0.5) is 0 Å². The molecule has 0 aromatic heterocycles. The van der Waals surface area contributed by atoms with E-state index in [1.54, 1.807) is 0 Å². The van der Waals surface area contributed by atoms with E-state index in [1.807, 2.05) is 39.0 Å². The number of fused-ring (bicyclic) bond motifs is 1. The van der Waals surface area contributed by atoms with Gasteiger partial charge in [-0.2, -0.15) is 0 Å². The van der Waals surface area contributed by atoms with Crippen molar-refractivity contribution in [2.75, 3.05) is 13.2 Å². The van der Waals surface area contributed by atoms with Crippen LogP contribution in [0.1, 0.15) is 70.9 Å². The predicted molar refractivity (Wildman–Crippen MR) is 121 cm³/mol. The molecule has 2 N–H and O–H groups in total. The third kappa shape index (κ3) is 3.97. The fraction of sp³-hybridized carbons (Fsp3) is 0.692. The third-order valence-corrected chi connectivity index (χ3v) is 8.18. The van der Waals surface area contributed by atoms with Gasteiger partial charge in [0.1, 0.15) is 19.3 Å². The summed E-state index contributed by atoms with van der Waals surface area (Å²) in [7, 11) is 0. The van der Waals surface area contributed by atoms with Crippen molar-refractivity contribution in [3.05, 3.63) is 23.8 Å². The molecule has 0 radical (unpaired) electrons. The SMILES string of the molecule is CC(NC(=O)C(NC(=O)C12CC3CC(CC(C3)C1)C2)C(C)C)c1ccc2c(c1)OCCO2. The molecular formula is C26H36N2O4. The zero-order valence-electron chi connectivity index (χ0n) is 19.5. The molecule has 2 atom stereocenters. The fourth-order valence-electron chi connectivity index (χ4n) is 6.93. The molecule has 4 fully saturated rings. The first-order chi connectivity index (χ1) is 15.3. The monoisotopic (exact) mass is 440 g/mol. The number of hydrogen-bond acceptors (Lipinski definition) is 4. The second-order valence-electron chi connectivity index (χ2n) is 11.0. The van der Waals surface area contributed by atoms with E-state index in [4.69, 9.17) is 9.47 Å². The van der Waals surface area contributed by atoms with Crippen LogP contribution in [0.5, 0.6) is 11.5 Å². The van der Waals surface area contributed by atoms with Gasteiger partial charge in [0.05, 0.1) is 6.04 Å². The first kappa shape index (κ1) is 21.6. The highest BCUT2D eigenvalue weighted by atomic mass is 16.6. The minimum Gasteiger partial charge on any atom is -0.486 e. The van der Waals surface area contributed by atoms with Crippen LogP contribution in [0.15, 0.2) is 18.2 Å². The zero-order valence-corrected chi connectivity index (χ0v) is 19.5. The maximum Gasteiger partial charge on any atom is 0.243 e. The molecule has 4 aliphatic carbocycles. The second kappa shape index (κ2) is 8.27. The summed E-state index contributed by atoms with van der Waals surface area (Å²) < 4.78 is 11.3. The van der Waals surface area contributed by atoms with Crippen molar-refractivity contribution in [3.63, 3.8) is 0 Å². The Morgan fingerprint density at radius 3 is 2.09 bits per heavy atom. The molecule has 2 amide bonds. The van der Waals surface area contributed by atoms with Gasteiger partial charge >= 0.3 is 0 Å². The van der Waals surface area contributed by atoms with Gasteiger partial charge in [0.2, 0.25) is 11.8 Å². The van der Waals surface area contributed by atoms with Crippen molar-refractivity contribution in [1.29, 1.82) is 0 Å². The molecule has 6 heteroatoms. The Morgan fingerprint density at radius 1 is 0.906 bits per heavy atom. The maximum absolute atomic E-state index is 13.5. The lowest BCUT2D eigenvalue weighted by Gasteiger charge is -2.55. The highest BCUT2D eigenvalue weighted by molar-refractivity contribution is 5.90. The van der Waals surface area contributed by atoms with E-state index in [0.717, 1.165) is 30.6 Å². The van der Waals surface area contributed by atoms with Crippen LogP contribution in [0.3, 0.4) is 0 Å². The Morgan fingerprint density at radius 2 is 1.50 bits per heavy atom. The molecule has 6 rings (SSSR count). The summed E-state index contributed by atoms with van der Waals surface area (Å²) in [5.74, 6) is 3.56. The average molecular weight is 441 g/mol. The van der Waals surface area contributed by atoms with Gasteiger partial charge in [-0.15, -0.1) is 0 Å². The van der Waals surface area contributed by atoms with Gasteiger partial charge in [0.15, 0.2) is 11.5 Å². The Bertz CT molecular complexity index is 861. The van der Waals surface area contributed by atoms with E-state index in [1.165, 1.54) is 19.3 Å². The Hall–Kier alpha value is -2.24. The third-order valence-electron chi connectivity index (χ3n) is 8.18. The van der Waals surface area contributed by atoms with Crippen LogP contribution in [-0.2, 0) is 9.59 Å². The van der Waals surface area contributed by atoms with Crippen LogP contribution in [0.2, 0.25) is 0 Å². The van der Waals surface area contributed by atoms with E-state index in [9.17, 15) is 9.59 Å². The van der Waals surface area contributed by atoms with Crippen molar-refractivity contribution in [3.8, 4) is 11.5 Å². The number of rotatable bonds is 6. The van der Waals surface area contributed by atoms with Gasteiger partial charge in [-0.05, 0) is 86.8 Å². The number of ether oxygens (including phenoxy) is 2. The van der Waals surface area contributed by atoms with Crippen LogP contribution in [0, 0.1) is 29.1 Å². The van der Waals surface area contributed by atoms with E-state index in [0.29, 0.717) is 36.7 Å². The summed E-state index contributed by atoms with van der Waals surface area (Å²) in [5.41, 5.74) is 0.710. The summed E-state index contributed by atoms with van der Waals surface area (Å²) in [4.78, 5) is 26.7. The molecule has 0 spiro atoms.